The van der Waals surface area contributed by atoms with Crippen LogP contribution in [-0.2, 0) is 33.3 Å². The van der Waals surface area contributed by atoms with Crippen LogP contribution in [0.1, 0.15) is 41.0 Å². The smallest absolute Gasteiger partial charge is 0.341 e. The number of ether oxygens (including phenoxy) is 4. The van der Waals surface area contributed by atoms with Gasteiger partial charge in [-0.25, -0.2) is 9.59 Å². The quantitative estimate of drug-likeness (QED) is 0.242. The summed E-state index contributed by atoms with van der Waals surface area (Å²) in [5, 5.41) is 11.2. The van der Waals surface area contributed by atoms with Crippen molar-refractivity contribution in [2.75, 3.05) is 0 Å². The monoisotopic (exact) mass is 420 g/mol. The molecule has 8 heteroatoms. The molecule has 3 rings (SSSR count). The minimum Gasteiger partial charge on any atom is -0.458 e. The normalized spacial score (nSPS) is 38.6. The molecule has 0 amide bonds. The molecule has 2 aliphatic heterocycles. The molecule has 0 aromatic carbocycles. The van der Waals surface area contributed by atoms with Crippen molar-refractivity contribution in [2.45, 2.75) is 77.2 Å². The van der Waals surface area contributed by atoms with Gasteiger partial charge in [-0.3, -0.25) is 4.79 Å². The third-order valence-corrected chi connectivity index (χ3v) is 6.07. The van der Waals surface area contributed by atoms with E-state index in [1.54, 1.807) is 39.8 Å². The van der Waals surface area contributed by atoms with E-state index in [4.69, 9.17) is 18.9 Å². The number of epoxide rings is 1. The van der Waals surface area contributed by atoms with Crippen molar-refractivity contribution in [3.8, 4) is 0 Å². The van der Waals surface area contributed by atoms with Gasteiger partial charge in [-0.15, -0.1) is 0 Å². The average Bonchev–Trinajstić information content (AvgIpc) is 3.18. The first-order chi connectivity index (χ1) is 14.0. The van der Waals surface area contributed by atoms with Gasteiger partial charge in [-0.2, -0.15) is 0 Å². The van der Waals surface area contributed by atoms with Gasteiger partial charge in [0.15, 0.2) is 5.60 Å². The number of carbonyl (C=O) groups excluding carboxylic acids is 3. The summed E-state index contributed by atoms with van der Waals surface area (Å²) in [5.41, 5.74) is 0.273. The summed E-state index contributed by atoms with van der Waals surface area (Å²) in [6.45, 7) is 11.9. The standard InChI is InChI=1S/C22H28O8/c1-10-7-8-15(27-14(5)23)11(2)9-16-17(12(3)20(25)28-16)18(24)19(10)29-21(26)22(6)13(4)30-22/h7,9,13,15-19,24H,3,8H2,1-2,4-6H3. The molecule has 0 saturated carbocycles. The van der Waals surface area contributed by atoms with E-state index in [1.165, 1.54) is 6.92 Å². The first-order valence-corrected chi connectivity index (χ1v) is 9.94. The third-order valence-electron chi connectivity index (χ3n) is 6.07. The second-order valence-electron chi connectivity index (χ2n) is 8.30. The molecule has 164 valence electrons. The Morgan fingerprint density at radius 3 is 2.47 bits per heavy atom. The van der Waals surface area contributed by atoms with Crippen molar-refractivity contribution in [1.29, 1.82) is 0 Å². The largest absolute Gasteiger partial charge is 0.458 e. The molecule has 2 saturated heterocycles. The molecule has 2 heterocycles. The Labute approximate surface area is 175 Å². The highest BCUT2D eigenvalue weighted by Crippen LogP contribution is 2.40. The van der Waals surface area contributed by atoms with E-state index in [0.29, 0.717) is 17.6 Å². The highest BCUT2D eigenvalue weighted by molar-refractivity contribution is 5.91. The maximum absolute atomic E-state index is 12.7. The average molecular weight is 420 g/mol. The number of rotatable bonds is 3. The van der Waals surface area contributed by atoms with Gasteiger partial charge in [-0.1, -0.05) is 12.7 Å². The highest BCUT2D eigenvalue weighted by atomic mass is 16.7. The molecule has 0 bridgehead atoms. The van der Waals surface area contributed by atoms with Gasteiger partial charge in [0, 0.05) is 18.9 Å². The second-order valence-corrected chi connectivity index (χ2v) is 8.30. The Hall–Kier alpha value is -2.45. The highest BCUT2D eigenvalue weighted by Gasteiger charge is 2.58. The fourth-order valence-corrected chi connectivity index (χ4v) is 3.85. The Morgan fingerprint density at radius 1 is 1.27 bits per heavy atom. The molecule has 0 radical (unpaired) electrons. The molecule has 0 aromatic heterocycles. The minimum atomic E-state index is -1.26. The fraction of sp³-hybridized carbons (Fsp3) is 0.591. The first-order valence-electron chi connectivity index (χ1n) is 9.94. The molecule has 2 fully saturated rings. The van der Waals surface area contributed by atoms with Gasteiger partial charge < -0.3 is 24.1 Å². The third kappa shape index (κ3) is 4.06. The molecule has 1 N–H and O–H groups in total. The Kier molecular flexibility index (Phi) is 5.93. The molecule has 7 atom stereocenters. The zero-order valence-electron chi connectivity index (χ0n) is 17.8. The Bertz CT molecular complexity index is 840. The Morgan fingerprint density at radius 2 is 1.90 bits per heavy atom. The van der Waals surface area contributed by atoms with E-state index in [2.05, 4.69) is 6.58 Å². The molecular formula is C22H28O8. The van der Waals surface area contributed by atoms with Gasteiger partial charge in [0.2, 0.25) is 0 Å². The summed E-state index contributed by atoms with van der Waals surface area (Å²) in [5.74, 6) is -2.50. The Balaban J connectivity index is 1.98. The van der Waals surface area contributed by atoms with Gasteiger partial charge in [0.1, 0.15) is 24.4 Å². The van der Waals surface area contributed by atoms with Crippen LogP contribution in [0.2, 0.25) is 0 Å². The van der Waals surface area contributed by atoms with Crippen LogP contribution in [0.15, 0.2) is 35.5 Å². The van der Waals surface area contributed by atoms with Crippen LogP contribution in [0.4, 0.5) is 0 Å². The lowest BCUT2D eigenvalue weighted by atomic mass is 9.83. The summed E-state index contributed by atoms with van der Waals surface area (Å²) >= 11 is 0. The zero-order chi connectivity index (χ0) is 22.4. The second kappa shape index (κ2) is 8.00. The van der Waals surface area contributed by atoms with Crippen LogP contribution in [0.3, 0.4) is 0 Å². The lowest BCUT2D eigenvalue weighted by Crippen LogP contribution is -2.44. The predicted molar refractivity (Wildman–Crippen MR) is 105 cm³/mol. The van der Waals surface area contributed by atoms with Crippen molar-refractivity contribution in [3.63, 3.8) is 0 Å². The molecule has 30 heavy (non-hydrogen) atoms. The molecule has 0 spiro atoms. The van der Waals surface area contributed by atoms with Crippen LogP contribution in [0, 0.1) is 5.92 Å². The van der Waals surface area contributed by atoms with Crippen molar-refractivity contribution < 1.29 is 38.4 Å². The molecular weight excluding hydrogens is 392 g/mol. The summed E-state index contributed by atoms with van der Waals surface area (Å²) < 4.78 is 21.8. The molecule has 0 aromatic rings. The van der Waals surface area contributed by atoms with E-state index in [1.807, 2.05) is 0 Å². The summed E-state index contributed by atoms with van der Waals surface area (Å²) in [6, 6.07) is 0. The molecule has 3 aliphatic rings. The van der Waals surface area contributed by atoms with Crippen LogP contribution >= 0.6 is 0 Å². The van der Waals surface area contributed by atoms with Crippen molar-refractivity contribution in [3.05, 3.63) is 35.5 Å². The number of aliphatic hydroxyl groups is 1. The number of aliphatic hydroxyl groups excluding tert-OH is 1. The van der Waals surface area contributed by atoms with Gasteiger partial charge in [-0.05, 0) is 44.9 Å². The zero-order valence-corrected chi connectivity index (χ0v) is 17.8. The number of carbonyl (C=O) groups is 3. The number of esters is 3. The molecule has 8 nitrogen and oxygen atoms in total. The van der Waals surface area contributed by atoms with E-state index in [9.17, 15) is 19.5 Å². The predicted octanol–water partition coefficient (Wildman–Crippen LogP) is 1.76. The summed E-state index contributed by atoms with van der Waals surface area (Å²) in [4.78, 5) is 36.4. The SMILES string of the molecule is C=C1C(=O)OC2C=C(C)C(OC(C)=O)CC=C(C)C(OC(=O)C3(C)OC3C)C(O)C12. The number of fused-ring (bicyclic) bond motifs is 1. The number of hydrogen-bond acceptors (Lipinski definition) is 8. The lowest BCUT2D eigenvalue weighted by molar-refractivity contribution is -0.160. The van der Waals surface area contributed by atoms with Crippen molar-refractivity contribution in [1.82, 2.24) is 0 Å². The maximum Gasteiger partial charge on any atom is 0.341 e. The topological polar surface area (TPSA) is 112 Å². The first kappa shape index (κ1) is 22.2. The van der Waals surface area contributed by atoms with E-state index >= 15 is 0 Å². The fourth-order valence-electron chi connectivity index (χ4n) is 3.85. The van der Waals surface area contributed by atoms with Crippen molar-refractivity contribution >= 4 is 17.9 Å². The van der Waals surface area contributed by atoms with Crippen LogP contribution in [0.5, 0.6) is 0 Å². The maximum atomic E-state index is 12.7. The van der Waals surface area contributed by atoms with Gasteiger partial charge in [0.25, 0.3) is 0 Å². The van der Waals surface area contributed by atoms with Crippen LogP contribution in [-0.4, -0.2) is 59.1 Å². The lowest BCUT2D eigenvalue weighted by Gasteiger charge is -2.31. The summed E-state index contributed by atoms with van der Waals surface area (Å²) in [7, 11) is 0. The minimum absolute atomic E-state index is 0.0947. The van der Waals surface area contributed by atoms with E-state index in [-0.39, 0.29) is 11.7 Å². The van der Waals surface area contributed by atoms with E-state index in [0.717, 1.165) is 0 Å². The van der Waals surface area contributed by atoms with Crippen molar-refractivity contribution in [2.24, 2.45) is 5.92 Å². The summed E-state index contributed by atoms with van der Waals surface area (Å²) in [6.07, 6.45) is -0.284. The molecule has 7 unspecified atom stereocenters. The van der Waals surface area contributed by atoms with Crippen LogP contribution < -0.4 is 0 Å². The van der Waals surface area contributed by atoms with Crippen LogP contribution in [0.25, 0.3) is 0 Å². The van der Waals surface area contributed by atoms with Gasteiger partial charge >= 0.3 is 17.9 Å². The van der Waals surface area contributed by atoms with E-state index < -0.39 is 53.8 Å². The number of hydrogen-bond donors (Lipinski definition) is 1. The molecule has 1 aliphatic carbocycles. The van der Waals surface area contributed by atoms with Gasteiger partial charge in [0.05, 0.1) is 12.0 Å².